The number of aliphatic hydroxyl groups is 1. The summed E-state index contributed by atoms with van der Waals surface area (Å²) in [5, 5.41) is 20.7. The highest BCUT2D eigenvalue weighted by atomic mass is 16.6. The van der Waals surface area contributed by atoms with Crippen LogP contribution in [0, 0.1) is 22.0 Å². The number of fused-ring (bicyclic) bond motifs is 5. The Kier molecular flexibility index (Phi) is 3.21. The highest BCUT2D eigenvalue weighted by molar-refractivity contribution is 6.24. The number of nitro groups is 1. The fourth-order valence-electron chi connectivity index (χ4n) is 3.89. The minimum absolute atomic E-state index is 0.0218. The van der Waals surface area contributed by atoms with Gasteiger partial charge in [-0.25, -0.2) is 4.90 Å². The third kappa shape index (κ3) is 1.90. The zero-order chi connectivity index (χ0) is 17.9. The number of carbonyl (C=O) groups is 2. The molecule has 9 nitrogen and oxygen atoms in total. The van der Waals surface area contributed by atoms with Gasteiger partial charge < -0.3 is 14.6 Å². The molecule has 25 heavy (non-hydrogen) atoms. The van der Waals surface area contributed by atoms with Crippen molar-refractivity contribution in [2.45, 2.75) is 11.7 Å². The van der Waals surface area contributed by atoms with Crippen LogP contribution in [0.3, 0.4) is 0 Å². The number of methoxy groups -OCH3 is 1. The van der Waals surface area contributed by atoms with Gasteiger partial charge in [-0.05, 0) is 6.07 Å². The maximum Gasteiger partial charge on any atom is 0.271 e. The lowest BCUT2D eigenvalue weighted by molar-refractivity contribution is -0.384. The van der Waals surface area contributed by atoms with Crippen LogP contribution in [0.5, 0.6) is 5.75 Å². The first-order valence-corrected chi connectivity index (χ1v) is 7.62. The first kappa shape index (κ1) is 15.7. The van der Waals surface area contributed by atoms with E-state index in [0.29, 0.717) is 0 Å². The van der Waals surface area contributed by atoms with Crippen LogP contribution in [0.25, 0.3) is 0 Å². The van der Waals surface area contributed by atoms with Crippen LogP contribution in [-0.4, -0.2) is 47.3 Å². The Labute approximate surface area is 141 Å². The first-order valence-electron chi connectivity index (χ1n) is 7.62. The maximum atomic E-state index is 13.0. The van der Waals surface area contributed by atoms with Gasteiger partial charge in [-0.2, -0.15) is 0 Å². The van der Waals surface area contributed by atoms with Crippen LogP contribution in [0.15, 0.2) is 30.4 Å². The number of carbonyl (C=O) groups excluding carboxylic acids is 2. The van der Waals surface area contributed by atoms with Crippen molar-refractivity contribution in [3.05, 3.63) is 40.5 Å². The van der Waals surface area contributed by atoms with Gasteiger partial charge in [-0.3, -0.25) is 19.7 Å². The minimum Gasteiger partial charge on any atom is -0.495 e. The normalized spacial score (nSPS) is 32.4. The van der Waals surface area contributed by atoms with Gasteiger partial charge in [0.1, 0.15) is 17.0 Å². The van der Waals surface area contributed by atoms with E-state index >= 15 is 0 Å². The molecule has 3 aliphatic heterocycles. The topological polar surface area (TPSA) is 119 Å². The van der Waals surface area contributed by atoms with Gasteiger partial charge in [0.25, 0.3) is 5.69 Å². The molecular weight excluding hydrogens is 332 g/mol. The molecule has 1 aromatic carbocycles. The summed E-state index contributed by atoms with van der Waals surface area (Å²) in [7, 11) is 1.35. The van der Waals surface area contributed by atoms with Crippen molar-refractivity contribution >= 4 is 23.2 Å². The molecule has 1 aromatic rings. The van der Waals surface area contributed by atoms with Crippen LogP contribution in [-0.2, 0) is 14.3 Å². The summed E-state index contributed by atoms with van der Waals surface area (Å²) in [4.78, 5) is 37.2. The number of imide groups is 1. The number of nitrogens with zero attached hydrogens (tertiary/aromatic N) is 2. The van der Waals surface area contributed by atoms with Gasteiger partial charge in [-0.15, -0.1) is 0 Å². The third-order valence-electron chi connectivity index (χ3n) is 5.02. The zero-order valence-electron chi connectivity index (χ0n) is 13.1. The molecule has 130 valence electrons. The summed E-state index contributed by atoms with van der Waals surface area (Å²) in [5.74, 6) is -2.52. The summed E-state index contributed by atoms with van der Waals surface area (Å²) in [6, 6.07) is 3.71. The van der Waals surface area contributed by atoms with Crippen molar-refractivity contribution in [1.82, 2.24) is 0 Å². The Hall–Kier alpha value is -2.78. The van der Waals surface area contributed by atoms with E-state index in [1.54, 1.807) is 12.2 Å². The molecule has 1 N–H and O–H groups in total. The Morgan fingerprint density at radius 1 is 1.40 bits per heavy atom. The smallest absolute Gasteiger partial charge is 0.271 e. The molecule has 2 saturated heterocycles. The fourth-order valence-corrected chi connectivity index (χ4v) is 3.89. The predicted octanol–water partition coefficient (Wildman–Crippen LogP) is 0.409. The average molecular weight is 346 g/mol. The van der Waals surface area contributed by atoms with Crippen LogP contribution < -0.4 is 9.64 Å². The molecule has 4 atom stereocenters. The van der Waals surface area contributed by atoms with E-state index in [1.165, 1.54) is 19.2 Å². The molecule has 0 spiro atoms. The maximum absolute atomic E-state index is 13.0. The number of hydrogen-bond acceptors (Lipinski definition) is 7. The summed E-state index contributed by atoms with van der Waals surface area (Å²) in [5.41, 5.74) is -1.46. The summed E-state index contributed by atoms with van der Waals surface area (Å²) in [6.45, 7) is -0.430. The van der Waals surface area contributed by atoms with E-state index in [-0.39, 0.29) is 17.1 Å². The standard InChI is InChI=1S/C16H14N2O7/c1-24-10-3-2-8(18(22)23)6-9(10)17-14(20)12-11-4-5-16(7-19,25-11)13(12)15(17)21/h2-6,11-13,19H,7H2,1H3/t11-,12+,13+,16+/m1/s1. The number of rotatable bonds is 4. The fraction of sp³-hybridized carbons (Fsp3) is 0.375. The van der Waals surface area contributed by atoms with Crippen LogP contribution in [0.1, 0.15) is 0 Å². The molecule has 2 bridgehead atoms. The predicted molar refractivity (Wildman–Crippen MR) is 83.0 cm³/mol. The summed E-state index contributed by atoms with van der Waals surface area (Å²) in [6.07, 6.45) is 2.68. The van der Waals surface area contributed by atoms with Crippen LogP contribution in [0.4, 0.5) is 11.4 Å². The van der Waals surface area contributed by atoms with Crippen molar-refractivity contribution in [2.24, 2.45) is 11.8 Å². The molecule has 4 rings (SSSR count). The second-order valence-electron chi connectivity index (χ2n) is 6.18. The summed E-state index contributed by atoms with van der Waals surface area (Å²) >= 11 is 0. The molecule has 3 aliphatic rings. The molecule has 0 aromatic heterocycles. The van der Waals surface area contributed by atoms with Crippen molar-refractivity contribution in [1.29, 1.82) is 0 Å². The highest BCUT2D eigenvalue weighted by Gasteiger charge is 2.67. The van der Waals surface area contributed by atoms with Crippen molar-refractivity contribution < 1.29 is 29.1 Å². The second kappa shape index (κ2) is 5.11. The van der Waals surface area contributed by atoms with Gasteiger partial charge >= 0.3 is 0 Å². The van der Waals surface area contributed by atoms with Crippen molar-refractivity contribution in [3.8, 4) is 5.75 Å². The van der Waals surface area contributed by atoms with Gasteiger partial charge in [0.2, 0.25) is 11.8 Å². The molecule has 0 unspecified atom stereocenters. The SMILES string of the molecule is COc1ccc([N+](=O)[O-])cc1N1C(=O)[C@@H]2[C@@H](C1=O)[C@@]1(CO)C=C[C@H]2O1. The van der Waals surface area contributed by atoms with Gasteiger partial charge in [0.15, 0.2) is 0 Å². The largest absolute Gasteiger partial charge is 0.495 e. The van der Waals surface area contributed by atoms with Gasteiger partial charge in [0, 0.05) is 12.1 Å². The monoisotopic (exact) mass is 346 g/mol. The first-order chi connectivity index (χ1) is 11.9. The number of ether oxygens (including phenoxy) is 2. The average Bonchev–Trinajstić information content (AvgIpc) is 3.25. The van der Waals surface area contributed by atoms with Gasteiger partial charge in [0.05, 0.1) is 36.6 Å². The lowest BCUT2D eigenvalue weighted by atomic mass is 9.77. The molecule has 0 radical (unpaired) electrons. The van der Waals surface area contributed by atoms with E-state index in [0.717, 1.165) is 11.0 Å². The number of aliphatic hydroxyl groups excluding tert-OH is 1. The lowest BCUT2D eigenvalue weighted by Gasteiger charge is -2.26. The third-order valence-corrected chi connectivity index (χ3v) is 5.02. The highest BCUT2D eigenvalue weighted by Crippen LogP contribution is 2.53. The Bertz CT molecular complexity index is 836. The molecule has 2 fully saturated rings. The number of amides is 2. The second-order valence-corrected chi connectivity index (χ2v) is 6.18. The minimum atomic E-state index is -1.22. The molecule has 0 aliphatic carbocycles. The van der Waals surface area contributed by atoms with E-state index in [1.807, 2.05) is 0 Å². The lowest BCUT2D eigenvalue weighted by Crippen LogP contribution is -2.43. The zero-order valence-corrected chi connectivity index (χ0v) is 13.1. The number of nitro benzene ring substituents is 1. The van der Waals surface area contributed by atoms with E-state index in [9.17, 15) is 24.8 Å². The summed E-state index contributed by atoms with van der Waals surface area (Å²) < 4.78 is 10.8. The van der Waals surface area contributed by atoms with Gasteiger partial charge in [-0.1, -0.05) is 12.2 Å². The van der Waals surface area contributed by atoms with E-state index < -0.39 is 46.9 Å². The van der Waals surface area contributed by atoms with E-state index in [4.69, 9.17) is 9.47 Å². The Morgan fingerprint density at radius 2 is 2.16 bits per heavy atom. The number of hydrogen-bond donors (Lipinski definition) is 1. The Balaban J connectivity index is 1.81. The molecule has 0 saturated carbocycles. The number of benzene rings is 1. The quantitative estimate of drug-likeness (QED) is 0.363. The van der Waals surface area contributed by atoms with Crippen LogP contribution in [0.2, 0.25) is 0 Å². The van der Waals surface area contributed by atoms with E-state index in [2.05, 4.69) is 0 Å². The van der Waals surface area contributed by atoms with Crippen molar-refractivity contribution in [3.63, 3.8) is 0 Å². The molecule has 2 amide bonds. The molecule has 9 heteroatoms. The Morgan fingerprint density at radius 3 is 2.80 bits per heavy atom. The van der Waals surface area contributed by atoms with Crippen molar-refractivity contribution in [2.75, 3.05) is 18.6 Å². The van der Waals surface area contributed by atoms with Crippen LogP contribution >= 0.6 is 0 Å². The molecule has 3 heterocycles. The number of non-ortho nitro benzene ring substituents is 1. The number of anilines is 1. The molecular formula is C16H14N2O7.